The minimum absolute atomic E-state index is 0.250. The minimum Gasteiger partial charge on any atom is -0.393 e. The van der Waals surface area contributed by atoms with E-state index in [2.05, 4.69) is 18.7 Å². The molecule has 0 amide bonds. The van der Waals surface area contributed by atoms with Gasteiger partial charge in [-0.15, -0.1) is 0 Å². The van der Waals surface area contributed by atoms with Gasteiger partial charge in [0.2, 0.25) is 0 Å². The Kier molecular flexibility index (Phi) is 6.09. The highest BCUT2D eigenvalue weighted by molar-refractivity contribution is 4.86. The number of likely N-dealkylation sites (tertiary alicyclic amines) is 1. The lowest BCUT2D eigenvalue weighted by Crippen LogP contribution is -2.49. The highest BCUT2D eigenvalue weighted by atomic mass is 16.3. The fourth-order valence-electron chi connectivity index (χ4n) is 2.70. The highest BCUT2D eigenvalue weighted by Gasteiger charge is 2.31. The summed E-state index contributed by atoms with van der Waals surface area (Å²) in [6.07, 6.45) is 5.46. The van der Waals surface area contributed by atoms with E-state index in [9.17, 15) is 10.2 Å². The van der Waals surface area contributed by atoms with Crippen LogP contribution in [0.3, 0.4) is 0 Å². The molecule has 0 bridgehead atoms. The maximum atomic E-state index is 10.5. The van der Waals surface area contributed by atoms with Crippen LogP contribution in [0.15, 0.2) is 0 Å². The lowest BCUT2D eigenvalue weighted by Gasteiger charge is -2.38. The van der Waals surface area contributed by atoms with Gasteiger partial charge in [-0.25, -0.2) is 0 Å². The third kappa shape index (κ3) is 4.87. The van der Waals surface area contributed by atoms with Crippen molar-refractivity contribution in [1.82, 2.24) is 4.90 Å². The van der Waals surface area contributed by atoms with E-state index in [1.54, 1.807) is 0 Å². The average molecular weight is 257 g/mol. The lowest BCUT2D eigenvalue weighted by molar-refractivity contribution is -0.0333. The summed E-state index contributed by atoms with van der Waals surface area (Å²) < 4.78 is 0. The van der Waals surface area contributed by atoms with Crippen LogP contribution in [0.4, 0.5) is 0 Å². The first kappa shape index (κ1) is 15.9. The van der Waals surface area contributed by atoms with Crippen LogP contribution in [0.1, 0.15) is 59.8 Å². The summed E-state index contributed by atoms with van der Waals surface area (Å²) in [6, 6.07) is 0.428. The zero-order valence-corrected chi connectivity index (χ0v) is 12.5. The van der Waals surface area contributed by atoms with Crippen LogP contribution in [0.25, 0.3) is 0 Å². The molecule has 3 nitrogen and oxygen atoms in total. The van der Waals surface area contributed by atoms with Crippen LogP contribution < -0.4 is 0 Å². The molecule has 0 aromatic heterocycles. The maximum Gasteiger partial charge on any atom is 0.0768 e. The SMILES string of the molecule is CC(O)CC1CCCCCN1CC(C)(O)C(C)C. The van der Waals surface area contributed by atoms with Crippen LogP contribution in [0.5, 0.6) is 0 Å². The van der Waals surface area contributed by atoms with Crippen LogP contribution in [0, 0.1) is 5.92 Å². The van der Waals surface area contributed by atoms with E-state index in [4.69, 9.17) is 0 Å². The first-order valence-corrected chi connectivity index (χ1v) is 7.47. The monoisotopic (exact) mass is 257 g/mol. The molecule has 2 N–H and O–H groups in total. The third-order valence-electron chi connectivity index (χ3n) is 4.38. The second-order valence-electron chi connectivity index (χ2n) is 6.57. The van der Waals surface area contributed by atoms with Crippen molar-refractivity contribution < 1.29 is 10.2 Å². The predicted molar refractivity (Wildman–Crippen MR) is 75.6 cm³/mol. The average Bonchev–Trinajstić information content (AvgIpc) is 2.43. The summed E-state index contributed by atoms with van der Waals surface area (Å²) >= 11 is 0. The van der Waals surface area contributed by atoms with Crippen molar-refractivity contribution in [3.63, 3.8) is 0 Å². The summed E-state index contributed by atoms with van der Waals surface area (Å²) in [6.45, 7) is 9.72. The van der Waals surface area contributed by atoms with Gasteiger partial charge >= 0.3 is 0 Å². The number of aliphatic hydroxyl groups excluding tert-OH is 1. The summed E-state index contributed by atoms with van der Waals surface area (Å²) in [4.78, 5) is 2.40. The van der Waals surface area contributed by atoms with Crippen molar-refractivity contribution in [2.75, 3.05) is 13.1 Å². The zero-order valence-electron chi connectivity index (χ0n) is 12.5. The van der Waals surface area contributed by atoms with E-state index in [0.717, 1.165) is 25.9 Å². The van der Waals surface area contributed by atoms with Gasteiger partial charge < -0.3 is 10.2 Å². The molecular weight excluding hydrogens is 226 g/mol. The van der Waals surface area contributed by atoms with Gasteiger partial charge in [0, 0.05) is 12.6 Å². The Labute approximate surface area is 112 Å². The predicted octanol–water partition coefficient (Wildman–Crippen LogP) is 2.41. The second-order valence-corrected chi connectivity index (χ2v) is 6.57. The molecule has 3 unspecified atom stereocenters. The van der Waals surface area contributed by atoms with E-state index in [0.29, 0.717) is 6.04 Å². The van der Waals surface area contributed by atoms with Crippen molar-refractivity contribution in [2.24, 2.45) is 5.92 Å². The Hall–Kier alpha value is -0.120. The fraction of sp³-hybridized carbons (Fsp3) is 1.00. The zero-order chi connectivity index (χ0) is 13.8. The fourth-order valence-corrected chi connectivity index (χ4v) is 2.70. The van der Waals surface area contributed by atoms with Crippen LogP contribution in [-0.4, -0.2) is 45.9 Å². The number of hydrogen-bond acceptors (Lipinski definition) is 3. The molecule has 1 rings (SSSR count). The molecule has 0 saturated carbocycles. The van der Waals surface area contributed by atoms with Crippen LogP contribution in [-0.2, 0) is 0 Å². The summed E-state index contributed by atoms with van der Waals surface area (Å²) in [5, 5.41) is 20.1. The van der Waals surface area contributed by atoms with Gasteiger partial charge in [0.15, 0.2) is 0 Å². The van der Waals surface area contributed by atoms with Gasteiger partial charge in [0.05, 0.1) is 11.7 Å². The molecule has 0 aromatic rings. The second kappa shape index (κ2) is 6.88. The van der Waals surface area contributed by atoms with Crippen molar-refractivity contribution in [3.05, 3.63) is 0 Å². The van der Waals surface area contributed by atoms with E-state index in [-0.39, 0.29) is 12.0 Å². The topological polar surface area (TPSA) is 43.7 Å². The van der Waals surface area contributed by atoms with Crippen molar-refractivity contribution in [2.45, 2.75) is 77.5 Å². The molecule has 1 aliphatic rings. The molecule has 0 radical (unpaired) electrons. The van der Waals surface area contributed by atoms with Gasteiger partial charge in [-0.2, -0.15) is 0 Å². The van der Waals surface area contributed by atoms with Gasteiger partial charge in [0.25, 0.3) is 0 Å². The number of aliphatic hydroxyl groups is 2. The van der Waals surface area contributed by atoms with Crippen LogP contribution >= 0.6 is 0 Å². The third-order valence-corrected chi connectivity index (χ3v) is 4.38. The van der Waals surface area contributed by atoms with E-state index >= 15 is 0 Å². The molecule has 18 heavy (non-hydrogen) atoms. The number of β-amino-alcohol motifs (C(OH)–C–C–N with tert-alkyl or cyclic N) is 1. The summed E-state index contributed by atoms with van der Waals surface area (Å²) in [5.41, 5.74) is -0.638. The molecule has 1 aliphatic heterocycles. The Morgan fingerprint density at radius 1 is 1.22 bits per heavy atom. The van der Waals surface area contributed by atoms with Gasteiger partial charge in [-0.1, -0.05) is 26.7 Å². The molecule has 0 spiro atoms. The maximum absolute atomic E-state index is 10.5. The standard InChI is InChI=1S/C15H31NO2/c1-12(2)15(4,18)11-16-9-7-5-6-8-14(16)10-13(3)17/h12-14,17-18H,5-11H2,1-4H3. The van der Waals surface area contributed by atoms with Gasteiger partial charge in [-0.05, 0) is 45.6 Å². The van der Waals surface area contributed by atoms with Crippen molar-refractivity contribution in [1.29, 1.82) is 0 Å². The van der Waals surface area contributed by atoms with Crippen molar-refractivity contribution in [3.8, 4) is 0 Å². The van der Waals surface area contributed by atoms with Crippen LogP contribution in [0.2, 0.25) is 0 Å². The molecule has 3 heteroatoms. The quantitative estimate of drug-likeness (QED) is 0.795. The molecule has 1 saturated heterocycles. The lowest BCUT2D eigenvalue weighted by atomic mass is 9.91. The molecular formula is C15H31NO2. The van der Waals surface area contributed by atoms with E-state index in [1.165, 1.54) is 19.3 Å². The first-order chi connectivity index (χ1) is 8.33. The molecule has 0 aromatic carbocycles. The molecule has 1 heterocycles. The number of hydrogen-bond donors (Lipinski definition) is 2. The van der Waals surface area contributed by atoms with E-state index < -0.39 is 5.60 Å². The smallest absolute Gasteiger partial charge is 0.0768 e. The van der Waals surface area contributed by atoms with Crippen molar-refractivity contribution >= 4 is 0 Å². The largest absolute Gasteiger partial charge is 0.393 e. The van der Waals surface area contributed by atoms with Gasteiger partial charge in [0.1, 0.15) is 0 Å². The Morgan fingerprint density at radius 2 is 1.89 bits per heavy atom. The Morgan fingerprint density at radius 3 is 2.44 bits per heavy atom. The Bertz CT molecular complexity index is 239. The van der Waals surface area contributed by atoms with E-state index in [1.807, 2.05) is 13.8 Å². The van der Waals surface area contributed by atoms with Gasteiger partial charge in [-0.3, -0.25) is 4.90 Å². The molecule has 3 atom stereocenters. The normalized spacial score (nSPS) is 27.8. The Balaban J connectivity index is 2.67. The summed E-state index contributed by atoms with van der Waals surface area (Å²) in [7, 11) is 0. The number of rotatable bonds is 5. The first-order valence-electron chi connectivity index (χ1n) is 7.47. The molecule has 0 aliphatic carbocycles. The molecule has 108 valence electrons. The summed E-state index contributed by atoms with van der Waals surface area (Å²) in [5.74, 6) is 0.257. The highest BCUT2D eigenvalue weighted by Crippen LogP contribution is 2.25. The number of nitrogens with zero attached hydrogens (tertiary/aromatic N) is 1. The minimum atomic E-state index is -0.638. The molecule has 1 fully saturated rings.